The number of carbonyl (C=O) groups is 3. The standard InChI is InChI=1S/C47H51N7O8/c1-47(2)23-34(30-12-13-35(58-3)38(21-30)59-4)52-54(46(47)57)32-16-18-53(19-17-32)39(55)22-31(20-28-8-6-5-7-9-28)51-45(56)33-24-48-43-41(33)49-26-50-42(43)40-36(60-25-29-10-11-29)14-15-37-44(40)62-27-61-37/h5-9,12-15,21,24,26,29,31-32,48H,10-11,16-20,22-23,25,27H2,1-4H3,(H,51,56)/t31-/m1/s1. The highest BCUT2D eigenvalue weighted by Gasteiger charge is 2.42. The molecule has 3 aliphatic heterocycles. The van der Waals surface area contributed by atoms with Gasteiger partial charge in [-0.3, -0.25) is 14.4 Å². The Morgan fingerprint density at radius 2 is 1.73 bits per heavy atom. The van der Waals surface area contributed by atoms with E-state index in [0.717, 1.165) is 29.7 Å². The van der Waals surface area contributed by atoms with Crippen molar-refractivity contribution in [3.05, 3.63) is 89.9 Å². The van der Waals surface area contributed by atoms with Crippen LogP contribution in [0, 0.1) is 11.3 Å². The van der Waals surface area contributed by atoms with Crippen molar-refractivity contribution in [2.75, 3.05) is 40.7 Å². The number of ether oxygens (including phenoxy) is 5. The number of H-pyrrole nitrogens is 1. The fourth-order valence-corrected chi connectivity index (χ4v) is 8.57. The number of hydrogen-bond donors (Lipinski definition) is 2. The lowest BCUT2D eigenvalue weighted by Gasteiger charge is -2.42. The molecule has 0 radical (unpaired) electrons. The van der Waals surface area contributed by atoms with Crippen molar-refractivity contribution in [1.82, 2.24) is 30.2 Å². The summed E-state index contributed by atoms with van der Waals surface area (Å²) in [5, 5.41) is 9.72. The number of benzene rings is 3. The molecule has 9 rings (SSSR count). The summed E-state index contributed by atoms with van der Waals surface area (Å²) in [5.74, 6) is 2.99. The molecule has 322 valence electrons. The van der Waals surface area contributed by atoms with Crippen LogP contribution in [0.25, 0.3) is 22.3 Å². The zero-order valence-electron chi connectivity index (χ0n) is 35.4. The number of aromatic amines is 1. The van der Waals surface area contributed by atoms with Gasteiger partial charge in [0, 0.05) is 43.7 Å². The van der Waals surface area contributed by atoms with Gasteiger partial charge in [0.1, 0.15) is 23.3 Å². The molecule has 1 saturated carbocycles. The van der Waals surface area contributed by atoms with Crippen molar-refractivity contribution in [3.8, 4) is 40.0 Å². The summed E-state index contributed by atoms with van der Waals surface area (Å²) >= 11 is 0. The van der Waals surface area contributed by atoms with E-state index >= 15 is 0 Å². The number of nitrogens with one attached hydrogen (secondary N) is 2. The zero-order valence-corrected chi connectivity index (χ0v) is 35.4. The van der Waals surface area contributed by atoms with Crippen LogP contribution in [-0.2, 0) is 16.0 Å². The fourth-order valence-electron chi connectivity index (χ4n) is 8.57. The minimum atomic E-state index is -0.670. The first-order chi connectivity index (χ1) is 30.1. The van der Waals surface area contributed by atoms with Crippen LogP contribution in [0.4, 0.5) is 0 Å². The van der Waals surface area contributed by atoms with Crippen molar-refractivity contribution in [1.29, 1.82) is 0 Å². The van der Waals surface area contributed by atoms with Crippen LogP contribution in [0.2, 0.25) is 0 Å². The van der Waals surface area contributed by atoms with Gasteiger partial charge in [-0.25, -0.2) is 15.0 Å². The smallest absolute Gasteiger partial charge is 0.255 e. The maximum atomic E-state index is 14.2. The molecule has 62 heavy (non-hydrogen) atoms. The fraction of sp³-hybridized carbons (Fsp3) is 0.404. The van der Waals surface area contributed by atoms with Crippen LogP contribution in [0.5, 0.6) is 28.7 Å². The van der Waals surface area contributed by atoms with Gasteiger partial charge in [-0.05, 0) is 73.9 Å². The van der Waals surface area contributed by atoms with Crippen LogP contribution in [0.15, 0.2) is 78.3 Å². The largest absolute Gasteiger partial charge is 0.493 e. The molecule has 0 unspecified atom stereocenters. The molecule has 5 aromatic rings. The Balaban J connectivity index is 0.911. The highest BCUT2D eigenvalue weighted by molar-refractivity contribution is 6.09. The van der Waals surface area contributed by atoms with E-state index in [1.807, 2.05) is 79.4 Å². The second-order valence-corrected chi connectivity index (χ2v) is 17.1. The average molecular weight is 842 g/mol. The number of rotatable bonds is 14. The summed E-state index contributed by atoms with van der Waals surface area (Å²) in [7, 11) is 3.19. The molecular formula is C47H51N7O8. The lowest BCUT2D eigenvalue weighted by Crippen LogP contribution is -2.53. The Morgan fingerprint density at radius 3 is 2.48 bits per heavy atom. The van der Waals surface area contributed by atoms with Crippen molar-refractivity contribution in [2.45, 2.75) is 70.9 Å². The highest BCUT2D eigenvalue weighted by Crippen LogP contribution is 2.48. The van der Waals surface area contributed by atoms with Crippen LogP contribution < -0.4 is 29.0 Å². The van der Waals surface area contributed by atoms with E-state index in [0.29, 0.717) is 108 Å². The number of hydrogen-bond acceptors (Lipinski definition) is 11. The first-order valence-corrected chi connectivity index (χ1v) is 21.2. The highest BCUT2D eigenvalue weighted by atomic mass is 16.7. The normalized spacial score (nSPS) is 17.7. The molecule has 4 aliphatic rings. The van der Waals surface area contributed by atoms with Gasteiger partial charge < -0.3 is 38.9 Å². The van der Waals surface area contributed by atoms with Gasteiger partial charge in [0.05, 0.1) is 54.6 Å². The summed E-state index contributed by atoms with van der Waals surface area (Å²) in [6.07, 6.45) is 7.47. The Bertz CT molecular complexity index is 2530. The molecule has 15 heteroatoms. The van der Waals surface area contributed by atoms with Gasteiger partial charge in [0.25, 0.3) is 5.91 Å². The second-order valence-electron chi connectivity index (χ2n) is 17.1. The first kappa shape index (κ1) is 40.7. The molecule has 0 spiro atoms. The molecule has 2 N–H and O–H groups in total. The summed E-state index contributed by atoms with van der Waals surface area (Å²) < 4.78 is 28.9. The van der Waals surface area contributed by atoms with E-state index < -0.39 is 11.5 Å². The number of likely N-dealkylation sites (tertiary alicyclic amines) is 1. The Hall–Kier alpha value is -6.64. The van der Waals surface area contributed by atoms with E-state index in [1.54, 1.807) is 25.4 Å². The van der Waals surface area contributed by atoms with Gasteiger partial charge in [-0.2, -0.15) is 5.10 Å². The number of piperidine rings is 1. The predicted molar refractivity (Wildman–Crippen MR) is 231 cm³/mol. The molecule has 0 bridgehead atoms. The molecule has 3 aromatic carbocycles. The molecule has 1 saturated heterocycles. The van der Waals surface area contributed by atoms with Crippen LogP contribution in [-0.4, -0.2) is 101 Å². The summed E-state index contributed by atoms with van der Waals surface area (Å²) in [4.78, 5) is 56.3. The maximum Gasteiger partial charge on any atom is 0.255 e. The van der Waals surface area contributed by atoms with E-state index in [-0.39, 0.29) is 37.0 Å². The van der Waals surface area contributed by atoms with E-state index in [4.69, 9.17) is 28.8 Å². The number of methoxy groups -OCH3 is 2. The predicted octanol–water partition coefficient (Wildman–Crippen LogP) is 6.54. The molecule has 2 fully saturated rings. The molecule has 1 atom stereocenters. The van der Waals surface area contributed by atoms with E-state index in [1.165, 1.54) is 6.33 Å². The van der Waals surface area contributed by atoms with E-state index in [2.05, 4.69) is 20.3 Å². The summed E-state index contributed by atoms with van der Waals surface area (Å²) in [6, 6.07) is 18.5. The minimum Gasteiger partial charge on any atom is -0.493 e. The van der Waals surface area contributed by atoms with Crippen molar-refractivity contribution in [3.63, 3.8) is 0 Å². The van der Waals surface area contributed by atoms with Crippen molar-refractivity contribution in [2.24, 2.45) is 16.4 Å². The Labute approximate surface area is 359 Å². The number of nitrogens with zero attached hydrogens (tertiary/aromatic N) is 5. The average Bonchev–Trinajstić information content (AvgIpc) is 3.81. The number of carbonyl (C=O) groups excluding carboxylic acids is 3. The van der Waals surface area contributed by atoms with Gasteiger partial charge in [0.2, 0.25) is 18.6 Å². The summed E-state index contributed by atoms with van der Waals surface area (Å²) in [6.45, 7) is 5.46. The number of aromatic nitrogens is 3. The molecule has 3 amide bonds. The minimum absolute atomic E-state index is 0.0378. The van der Waals surface area contributed by atoms with E-state index in [9.17, 15) is 14.4 Å². The molecule has 1 aliphatic carbocycles. The maximum absolute atomic E-state index is 14.2. The lowest BCUT2D eigenvalue weighted by molar-refractivity contribution is -0.145. The van der Waals surface area contributed by atoms with Crippen molar-refractivity contribution < 1.29 is 38.1 Å². The van der Waals surface area contributed by atoms with Gasteiger partial charge in [-0.15, -0.1) is 0 Å². The third-order valence-corrected chi connectivity index (χ3v) is 12.2. The molecule has 15 nitrogen and oxygen atoms in total. The van der Waals surface area contributed by atoms with Gasteiger partial charge in [-0.1, -0.05) is 44.2 Å². The Kier molecular flexibility index (Phi) is 11.2. The first-order valence-electron chi connectivity index (χ1n) is 21.2. The topological polar surface area (TPSA) is 170 Å². The SMILES string of the molecule is COc1ccc(C2=NN(C3CCN(C(=O)C[C@@H](Cc4ccccc4)NC(=O)c4c[nH]c5c(-c6c(OCC7CC7)ccc7c6OCO7)ncnc45)CC3)C(=O)C(C)(C)C2)cc1OC. The Morgan fingerprint density at radius 1 is 0.952 bits per heavy atom. The second kappa shape index (κ2) is 17.0. The monoisotopic (exact) mass is 841 g/mol. The molecule has 2 aromatic heterocycles. The lowest BCUT2D eigenvalue weighted by atomic mass is 9.82. The van der Waals surface area contributed by atoms with Gasteiger partial charge in [0.15, 0.2) is 23.0 Å². The zero-order chi connectivity index (χ0) is 43.0. The molecule has 5 heterocycles. The molecular weight excluding hydrogens is 791 g/mol. The van der Waals surface area contributed by atoms with Gasteiger partial charge >= 0.3 is 0 Å². The van der Waals surface area contributed by atoms with Crippen LogP contribution in [0.1, 0.15) is 73.9 Å². The third-order valence-electron chi connectivity index (χ3n) is 12.2. The van der Waals surface area contributed by atoms with Crippen LogP contribution in [0.3, 0.4) is 0 Å². The quantitative estimate of drug-likeness (QED) is 0.125. The summed E-state index contributed by atoms with van der Waals surface area (Å²) in [5.41, 5.74) is 4.43. The van der Waals surface area contributed by atoms with Crippen molar-refractivity contribution >= 4 is 34.5 Å². The number of fused-ring (bicyclic) bond motifs is 2. The van der Waals surface area contributed by atoms with Crippen LogP contribution >= 0.6 is 0 Å². The number of amides is 3. The number of hydrazone groups is 1. The third kappa shape index (κ3) is 8.23.